The number of nitrogens with two attached hydrogens (primary N) is 1. The van der Waals surface area contributed by atoms with Gasteiger partial charge in [-0.2, -0.15) is 5.10 Å². The molecule has 5 heteroatoms. The second-order valence-corrected chi connectivity index (χ2v) is 4.21. The highest BCUT2D eigenvalue weighted by molar-refractivity contribution is 5.31. The van der Waals surface area contributed by atoms with Crippen LogP contribution < -0.4 is 15.2 Å². The standard InChI is InChI=1S/C14H19N3O2/c1-11-12(9-15)10-16-17(11)7-8-19-14-5-3-13(18-2)4-6-14/h3-6,10H,7-9,15H2,1-2H3. The summed E-state index contributed by atoms with van der Waals surface area (Å²) >= 11 is 0. The van der Waals surface area contributed by atoms with Gasteiger partial charge in [-0.3, -0.25) is 4.68 Å². The van der Waals surface area contributed by atoms with Gasteiger partial charge in [0.15, 0.2) is 0 Å². The van der Waals surface area contributed by atoms with Gasteiger partial charge in [0.2, 0.25) is 0 Å². The highest BCUT2D eigenvalue weighted by Crippen LogP contribution is 2.17. The Morgan fingerprint density at radius 2 is 1.89 bits per heavy atom. The molecule has 2 N–H and O–H groups in total. The van der Waals surface area contributed by atoms with Crippen molar-refractivity contribution in [2.45, 2.75) is 20.0 Å². The maximum atomic E-state index is 5.66. The lowest BCUT2D eigenvalue weighted by Crippen LogP contribution is -2.11. The monoisotopic (exact) mass is 261 g/mol. The summed E-state index contributed by atoms with van der Waals surface area (Å²) in [5.74, 6) is 1.65. The molecule has 1 heterocycles. The van der Waals surface area contributed by atoms with Crippen molar-refractivity contribution in [3.8, 4) is 11.5 Å². The predicted octanol–water partition coefficient (Wildman–Crippen LogP) is 1.74. The molecule has 0 fully saturated rings. The molecule has 5 nitrogen and oxygen atoms in total. The van der Waals surface area contributed by atoms with E-state index in [4.69, 9.17) is 15.2 Å². The molecule has 0 unspecified atom stereocenters. The van der Waals surface area contributed by atoms with Crippen LogP contribution >= 0.6 is 0 Å². The average Bonchev–Trinajstić information content (AvgIpc) is 2.80. The van der Waals surface area contributed by atoms with Crippen LogP contribution in [-0.2, 0) is 13.1 Å². The first-order valence-electron chi connectivity index (χ1n) is 6.23. The van der Waals surface area contributed by atoms with Gasteiger partial charge < -0.3 is 15.2 Å². The van der Waals surface area contributed by atoms with Crippen LogP contribution in [0.1, 0.15) is 11.3 Å². The lowest BCUT2D eigenvalue weighted by atomic mass is 10.3. The minimum Gasteiger partial charge on any atom is -0.497 e. The van der Waals surface area contributed by atoms with Gasteiger partial charge in [0.25, 0.3) is 0 Å². The molecule has 0 amide bonds. The maximum Gasteiger partial charge on any atom is 0.119 e. The van der Waals surface area contributed by atoms with Crippen LogP contribution in [0.5, 0.6) is 11.5 Å². The molecule has 19 heavy (non-hydrogen) atoms. The fraction of sp³-hybridized carbons (Fsp3) is 0.357. The zero-order chi connectivity index (χ0) is 13.7. The maximum absolute atomic E-state index is 5.66. The van der Waals surface area contributed by atoms with E-state index in [2.05, 4.69) is 5.10 Å². The van der Waals surface area contributed by atoms with Gasteiger partial charge in [0.05, 0.1) is 19.9 Å². The van der Waals surface area contributed by atoms with Crippen molar-refractivity contribution in [3.63, 3.8) is 0 Å². The van der Waals surface area contributed by atoms with E-state index in [1.165, 1.54) is 0 Å². The van der Waals surface area contributed by atoms with Gasteiger partial charge in [0, 0.05) is 17.8 Å². The van der Waals surface area contributed by atoms with E-state index in [9.17, 15) is 0 Å². The van der Waals surface area contributed by atoms with Crippen LogP contribution in [0, 0.1) is 6.92 Å². The number of hydrogen-bond donors (Lipinski definition) is 1. The topological polar surface area (TPSA) is 62.3 Å². The second-order valence-electron chi connectivity index (χ2n) is 4.21. The van der Waals surface area contributed by atoms with Crippen molar-refractivity contribution in [2.75, 3.05) is 13.7 Å². The van der Waals surface area contributed by atoms with E-state index >= 15 is 0 Å². The van der Waals surface area contributed by atoms with E-state index in [0.29, 0.717) is 19.7 Å². The second kappa shape index (κ2) is 6.24. The molecule has 0 bridgehead atoms. The fourth-order valence-electron chi connectivity index (χ4n) is 1.83. The number of rotatable bonds is 6. The molecule has 0 saturated heterocycles. The molecule has 0 spiro atoms. The van der Waals surface area contributed by atoms with Crippen molar-refractivity contribution in [1.29, 1.82) is 0 Å². The van der Waals surface area contributed by atoms with Crippen LogP contribution in [-0.4, -0.2) is 23.5 Å². The lowest BCUT2D eigenvalue weighted by Gasteiger charge is -2.08. The average molecular weight is 261 g/mol. The van der Waals surface area contributed by atoms with Gasteiger partial charge >= 0.3 is 0 Å². The van der Waals surface area contributed by atoms with Crippen LogP contribution in [0.3, 0.4) is 0 Å². The molecule has 1 aromatic carbocycles. The number of hydrogen-bond acceptors (Lipinski definition) is 4. The summed E-state index contributed by atoms with van der Waals surface area (Å²) in [4.78, 5) is 0. The van der Waals surface area contributed by atoms with Crippen molar-refractivity contribution >= 4 is 0 Å². The van der Waals surface area contributed by atoms with Crippen molar-refractivity contribution < 1.29 is 9.47 Å². The molecular weight excluding hydrogens is 242 g/mol. The zero-order valence-corrected chi connectivity index (χ0v) is 11.3. The van der Waals surface area contributed by atoms with Crippen molar-refractivity contribution in [1.82, 2.24) is 9.78 Å². The van der Waals surface area contributed by atoms with E-state index in [1.54, 1.807) is 7.11 Å². The van der Waals surface area contributed by atoms with Gasteiger partial charge in [-0.05, 0) is 31.2 Å². The molecular formula is C14H19N3O2. The smallest absolute Gasteiger partial charge is 0.119 e. The van der Waals surface area contributed by atoms with Crippen molar-refractivity contribution in [3.05, 3.63) is 41.7 Å². The highest BCUT2D eigenvalue weighted by atomic mass is 16.5. The van der Waals surface area contributed by atoms with Crippen LogP contribution in [0.4, 0.5) is 0 Å². The molecule has 2 aromatic rings. The quantitative estimate of drug-likeness (QED) is 0.860. The summed E-state index contributed by atoms with van der Waals surface area (Å²) in [6.07, 6.45) is 1.81. The minimum atomic E-state index is 0.519. The van der Waals surface area contributed by atoms with Gasteiger partial charge in [-0.1, -0.05) is 0 Å². The summed E-state index contributed by atoms with van der Waals surface area (Å²) in [7, 11) is 1.64. The highest BCUT2D eigenvalue weighted by Gasteiger charge is 2.04. The predicted molar refractivity (Wildman–Crippen MR) is 73.3 cm³/mol. The third-order valence-corrected chi connectivity index (χ3v) is 3.06. The lowest BCUT2D eigenvalue weighted by molar-refractivity contribution is 0.289. The largest absolute Gasteiger partial charge is 0.497 e. The van der Waals surface area contributed by atoms with Crippen LogP contribution in [0.25, 0.3) is 0 Å². The summed E-state index contributed by atoms with van der Waals surface area (Å²) in [5, 5.41) is 4.28. The van der Waals surface area contributed by atoms with Gasteiger partial charge in [0.1, 0.15) is 18.1 Å². The first-order valence-corrected chi connectivity index (χ1v) is 6.23. The molecule has 0 aliphatic heterocycles. The zero-order valence-electron chi connectivity index (χ0n) is 11.3. The first kappa shape index (κ1) is 13.4. The molecule has 0 atom stereocenters. The normalized spacial score (nSPS) is 10.5. The van der Waals surface area contributed by atoms with Gasteiger partial charge in [-0.15, -0.1) is 0 Å². The molecule has 0 saturated carbocycles. The van der Waals surface area contributed by atoms with Crippen LogP contribution in [0.15, 0.2) is 30.5 Å². The Kier molecular flexibility index (Phi) is 4.41. The number of ether oxygens (including phenoxy) is 2. The molecule has 2 rings (SSSR count). The summed E-state index contributed by atoms with van der Waals surface area (Å²) in [6, 6.07) is 7.53. The first-order chi connectivity index (χ1) is 9.24. The SMILES string of the molecule is COc1ccc(OCCn2ncc(CN)c2C)cc1. The Morgan fingerprint density at radius 1 is 1.21 bits per heavy atom. The van der Waals surface area contributed by atoms with E-state index in [0.717, 1.165) is 22.8 Å². The fourth-order valence-corrected chi connectivity index (χ4v) is 1.83. The summed E-state index contributed by atoms with van der Waals surface area (Å²) in [6.45, 7) is 3.81. The van der Waals surface area contributed by atoms with Crippen LogP contribution in [0.2, 0.25) is 0 Å². The minimum absolute atomic E-state index is 0.519. The number of methoxy groups -OCH3 is 1. The van der Waals surface area contributed by atoms with E-state index in [1.807, 2.05) is 42.1 Å². The molecule has 0 radical (unpaired) electrons. The number of aromatic nitrogens is 2. The Balaban J connectivity index is 1.87. The van der Waals surface area contributed by atoms with E-state index in [-0.39, 0.29) is 0 Å². The Hall–Kier alpha value is -2.01. The molecule has 1 aromatic heterocycles. The third-order valence-electron chi connectivity index (χ3n) is 3.06. The third kappa shape index (κ3) is 3.26. The number of benzene rings is 1. The Labute approximate surface area is 112 Å². The van der Waals surface area contributed by atoms with E-state index < -0.39 is 0 Å². The Morgan fingerprint density at radius 3 is 2.47 bits per heavy atom. The molecule has 0 aliphatic rings. The summed E-state index contributed by atoms with van der Waals surface area (Å²) < 4.78 is 12.7. The summed E-state index contributed by atoms with van der Waals surface area (Å²) in [5.41, 5.74) is 7.79. The molecule has 102 valence electrons. The van der Waals surface area contributed by atoms with Gasteiger partial charge in [-0.25, -0.2) is 0 Å². The van der Waals surface area contributed by atoms with Crippen molar-refractivity contribution in [2.24, 2.45) is 5.73 Å². The number of nitrogens with zero attached hydrogens (tertiary/aromatic N) is 2. The molecule has 0 aliphatic carbocycles. The Bertz CT molecular complexity index is 520.